The molecule has 0 fully saturated rings. The van der Waals surface area contributed by atoms with E-state index in [9.17, 15) is 0 Å². The van der Waals surface area contributed by atoms with Crippen LogP contribution in [0.1, 0.15) is 22.9 Å². The summed E-state index contributed by atoms with van der Waals surface area (Å²) in [7, 11) is 0. The van der Waals surface area contributed by atoms with Gasteiger partial charge in [-0.3, -0.25) is 0 Å². The zero-order valence-corrected chi connectivity index (χ0v) is 11.0. The van der Waals surface area contributed by atoms with Crippen molar-refractivity contribution in [1.29, 1.82) is 0 Å². The largest absolute Gasteiger partial charge is 0.305 e. The Bertz CT molecular complexity index is 586. The molecule has 0 radical (unpaired) electrons. The van der Waals surface area contributed by atoms with E-state index in [1.165, 1.54) is 11.1 Å². The lowest BCUT2D eigenvalue weighted by atomic mass is 9.92. The molecule has 0 saturated heterocycles. The molecule has 1 aliphatic rings. The number of aromatic nitrogens is 2. The van der Waals surface area contributed by atoms with Crippen LogP contribution < -0.4 is 5.32 Å². The first-order valence-corrected chi connectivity index (χ1v) is 6.50. The minimum atomic E-state index is -0.0112. The summed E-state index contributed by atoms with van der Waals surface area (Å²) in [4.78, 5) is 8.14. The highest BCUT2D eigenvalue weighted by Gasteiger charge is 2.24. The summed E-state index contributed by atoms with van der Waals surface area (Å²) in [5.74, 6) is 0. The molecule has 1 aromatic carbocycles. The molecule has 1 atom stereocenters. The lowest BCUT2D eigenvalue weighted by Crippen LogP contribution is -2.31. The normalized spacial score (nSPS) is 18.4. The van der Waals surface area contributed by atoms with Gasteiger partial charge in [0.15, 0.2) is 0 Å². The minimum Gasteiger partial charge on any atom is -0.305 e. The van der Waals surface area contributed by atoms with Crippen LogP contribution in [0.5, 0.6) is 0 Å². The Labute approximate surface area is 115 Å². The van der Waals surface area contributed by atoms with Gasteiger partial charge in [-0.2, -0.15) is 0 Å². The summed E-state index contributed by atoms with van der Waals surface area (Å²) < 4.78 is 0. The van der Waals surface area contributed by atoms with Crippen molar-refractivity contribution < 1.29 is 0 Å². The van der Waals surface area contributed by atoms with Crippen molar-refractivity contribution in [2.24, 2.45) is 0 Å². The molecule has 1 aliphatic heterocycles. The lowest BCUT2D eigenvalue weighted by molar-refractivity contribution is 0.556. The van der Waals surface area contributed by atoms with Crippen molar-refractivity contribution in [3.05, 3.63) is 57.6 Å². The number of fused-ring (bicyclic) bond motifs is 1. The third kappa shape index (κ3) is 2.09. The number of benzene rings is 1. The Morgan fingerprint density at radius 3 is 2.94 bits per heavy atom. The third-order valence-corrected chi connectivity index (χ3v) is 3.60. The molecule has 0 bridgehead atoms. The molecule has 5 heteroatoms. The molecule has 18 heavy (non-hydrogen) atoms. The Morgan fingerprint density at radius 1 is 1.22 bits per heavy atom. The molecular formula is C13H11Cl2N3. The Balaban J connectivity index is 2.11. The number of hydrogen-bond acceptors (Lipinski definition) is 3. The maximum Gasteiger partial charge on any atom is 0.222 e. The van der Waals surface area contributed by atoms with E-state index >= 15 is 0 Å². The molecule has 3 nitrogen and oxygen atoms in total. The first kappa shape index (κ1) is 11.9. The van der Waals surface area contributed by atoms with Crippen molar-refractivity contribution in [3.8, 4) is 0 Å². The van der Waals surface area contributed by atoms with Gasteiger partial charge in [0.25, 0.3) is 0 Å². The summed E-state index contributed by atoms with van der Waals surface area (Å²) in [5, 5.41) is 4.18. The number of nitrogens with one attached hydrogen (secondary N) is 1. The minimum absolute atomic E-state index is 0.0112. The second-order valence-corrected chi connectivity index (χ2v) is 4.95. The van der Waals surface area contributed by atoms with E-state index in [4.69, 9.17) is 23.2 Å². The van der Waals surface area contributed by atoms with Gasteiger partial charge in [-0.25, -0.2) is 9.97 Å². The number of nitrogens with zero attached hydrogens (tertiary/aromatic N) is 2. The van der Waals surface area contributed by atoms with Gasteiger partial charge < -0.3 is 5.32 Å². The number of rotatable bonds is 1. The highest BCUT2D eigenvalue weighted by molar-refractivity contribution is 6.32. The lowest BCUT2D eigenvalue weighted by Gasteiger charge is -2.26. The molecule has 3 rings (SSSR count). The maximum atomic E-state index is 6.17. The summed E-state index contributed by atoms with van der Waals surface area (Å²) in [6.07, 6.45) is 2.56. The fourth-order valence-corrected chi connectivity index (χ4v) is 2.65. The van der Waals surface area contributed by atoms with Crippen LogP contribution in [0.4, 0.5) is 0 Å². The average Bonchev–Trinajstić information content (AvgIpc) is 2.41. The Hall–Kier alpha value is -1.16. The highest BCUT2D eigenvalue weighted by Crippen LogP contribution is 2.31. The molecule has 0 spiro atoms. The summed E-state index contributed by atoms with van der Waals surface area (Å²) in [6.45, 7) is 0.902. The molecule has 1 N–H and O–H groups in total. The second kappa shape index (κ2) is 4.84. The molecule has 1 aromatic heterocycles. The van der Waals surface area contributed by atoms with Crippen molar-refractivity contribution in [2.45, 2.75) is 12.5 Å². The fourth-order valence-electron chi connectivity index (χ4n) is 2.31. The monoisotopic (exact) mass is 279 g/mol. The summed E-state index contributed by atoms with van der Waals surface area (Å²) in [5.41, 5.74) is 3.27. The van der Waals surface area contributed by atoms with Crippen molar-refractivity contribution in [1.82, 2.24) is 15.3 Å². The highest BCUT2D eigenvalue weighted by atomic mass is 35.5. The van der Waals surface area contributed by atoms with E-state index in [2.05, 4.69) is 33.5 Å². The molecule has 2 heterocycles. The van der Waals surface area contributed by atoms with Crippen LogP contribution in [-0.4, -0.2) is 16.5 Å². The van der Waals surface area contributed by atoms with Gasteiger partial charge in [-0.05, 0) is 29.1 Å². The quantitative estimate of drug-likeness (QED) is 0.816. The standard InChI is InChI=1S/C13H11Cl2N3/c14-10-7-17-13(15)18-12(10)11-9-4-2-1-3-8(9)5-6-16-11/h1-4,7,11,16H,5-6H2. The SMILES string of the molecule is Clc1ncc(Cl)c(C2NCCc3ccccc32)n1. The van der Waals surface area contributed by atoms with Crippen molar-refractivity contribution in [3.63, 3.8) is 0 Å². The van der Waals surface area contributed by atoms with Crippen LogP contribution in [0.3, 0.4) is 0 Å². The second-order valence-electron chi connectivity index (χ2n) is 4.21. The van der Waals surface area contributed by atoms with E-state index in [1.54, 1.807) is 6.20 Å². The van der Waals surface area contributed by atoms with Gasteiger partial charge in [-0.15, -0.1) is 0 Å². The smallest absolute Gasteiger partial charge is 0.222 e. The molecule has 1 unspecified atom stereocenters. The maximum absolute atomic E-state index is 6.17. The van der Waals surface area contributed by atoms with E-state index in [0.717, 1.165) is 18.7 Å². The van der Waals surface area contributed by atoms with Crippen molar-refractivity contribution >= 4 is 23.2 Å². The Morgan fingerprint density at radius 2 is 2.06 bits per heavy atom. The molecule has 2 aromatic rings. The van der Waals surface area contributed by atoms with Crippen molar-refractivity contribution in [2.75, 3.05) is 6.54 Å². The predicted octanol–water partition coefficient (Wildman–Crippen LogP) is 3.02. The summed E-state index contributed by atoms with van der Waals surface area (Å²) in [6, 6.07) is 8.30. The molecule has 0 saturated carbocycles. The van der Waals surface area contributed by atoms with Crippen LogP contribution in [-0.2, 0) is 6.42 Å². The fraction of sp³-hybridized carbons (Fsp3) is 0.231. The average molecular weight is 280 g/mol. The molecular weight excluding hydrogens is 269 g/mol. The zero-order chi connectivity index (χ0) is 12.5. The van der Waals surface area contributed by atoms with Gasteiger partial charge in [0.05, 0.1) is 23.0 Å². The molecule has 92 valence electrons. The van der Waals surface area contributed by atoms with Crippen LogP contribution in [0.15, 0.2) is 30.5 Å². The van der Waals surface area contributed by atoms with Crippen LogP contribution in [0, 0.1) is 0 Å². The van der Waals surface area contributed by atoms with E-state index < -0.39 is 0 Å². The summed E-state index contributed by atoms with van der Waals surface area (Å²) >= 11 is 12.0. The third-order valence-electron chi connectivity index (χ3n) is 3.12. The first-order chi connectivity index (χ1) is 8.75. The van der Waals surface area contributed by atoms with Crippen LogP contribution in [0.25, 0.3) is 0 Å². The topological polar surface area (TPSA) is 37.8 Å². The van der Waals surface area contributed by atoms with Crippen LogP contribution in [0.2, 0.25) is 10.3 Å². The van der Waals surface area contributed by atoms with Gasteiger partial charge in [0, 0.05) is 6.54 Å². The number of hydrogen-bond donors (Lipinski definition) is 1. The van der Waals surface area contributed by atoms with E-state index in [0.29, 0.717) is 5.02 Å². The van der Waals surface area contributed by atoms with Gasteiger partial charge in [0.1, 0.15) is 0 Å². The van der Waals surface area contributed by atoms with Crippen LogP contribution >= 0.6 is 23.2 Å². The van der Waals surface area contributed by atoms with E-state index in [-0.39, 0.29) is 11.3 Å². The first-order valence-electron chi connectivity index (χ1n) is 5.75. The van der Waals surface area contributed by atoms with Gasteiger partial charge in [0.2, 0.25) is 5.28 Å². The van der Waals surface area contributed by atoms with Gasteiger partial charge >= 0.3 is 0 Å². The predicted molar refractivity (Wildman–Crippen MR) is 72.0 cm³/mol. The molecule has 0 amide bonds. The number of halogens is 2. The van der Waals surface area contributed by atoms with E-state index in [1.807, 2.05) is 6.07 Å². The van der Waals surface area contributed by atoms with Gasteiger partial charge in [-0.1, -0.05) is 35.9 Å². The Kier molecular flexibility index (Phi) is 3.20. The molecule has 0 aliphatic carbocycles. The zero-order valence-electron chi connectivity index (χ0n) is 9.53.